The highest BCUT2D eigenvalue weighted by Gasteiger charge is 2.13. The highest BCUT2D eigenvalue weighted by atomic mass is 79.9. The van der Waals surface area contributed by atoms with Crippen LogP contribution in [0, 0.1) is 11.6 Å². The summed E-state index contributed by atoms with van der Waals surface area (Å²) in [6, 6.07) is 11.3. The SMILES string of the molecule is NC(COc1cc(Br)cc(F)c1F)c1ccccc1. The zero-order chi connectivity index (χ0) is 13.8. The summed E-state index contributed by atoms with van der Waals surface area (Å²) in [6.45, 7) is 0.0663. The molecule has 1 unspecified atom stereocenters. The first kappa shape index (κ1) is 14.0. The van der Waals surface area contributed by atoms with E-state index in [2.05, 4.69) is 15.9 Å². The van der Waals surface area contributed by atoms with Crippen LogP contribution in [0.5, 0.6) is 5.75 Å². The Morgan fingerprint density at radius 3 is 2.53 bits per heavy atom. The van der Waals surface area contributed by atoms with Crippen LogP contribution in [-0.2, 0) is 0 Å². The average molecular weight is 328 g/mol. The van der Waals surface area contributed by atoms with Gasteiger partial charge >= 0.3 is 0 Å². The molecule has 0 radical (unpaired) electrons. The highest BCUT2D eigenvalue weighted by molar-refractivity contribution is 9.10. The van der Waals surface area contributed by atoms with Gasteiger partial charge in [0, 0.05) is 4.47 Å². The van der Waals surface area contributed by atoms with E-state index in [4.69, 9.17) is 10.5 Å². The summed E-state index contributed by atoms with van der Waals surface area (Å²) < 4.78 is 32.3. The Kier molecular flexibility index (Phi) is 4.50. The molecular formula is C14H12BrF2NO. The normalized spacial score (nSPS) is 12.2. The molecule has 0 amide bonds. The fraction of sp³-hybridized carbons (Fsp3) is 0.143. The van der Waals surface area contributed by atoms with E-state index in [9.17, 15) is 8.78 Å². The first-order chi connectivity index (χ1) is 9.08. The van der Waals surface area contributed by atoms with E-state index in [1.54, 1.807) is 0 Å². The third-order valence-corrected chi connectivity index (χ3v) is 3.06. The van der Waals surface area contributed by atoms with E-state index >= 15 is 0 Å². The van der Waals surface area contributed by atoms with Crippen molar-refractivity contribution in [1.82, 2.24) is 0 Å². The molecule has 0 saturated carbocycles. The quantitative estimate of drug-likeness (QED) is 0.867. The average Bonchev–Trinajstić information content (AvgIpc) is 2.41. The van der Waals surface area contributed by atoms with E-state index in [0.717, 1.165) is 11.6 Å². The number of hydrogen-bond donors (Lipinski definition) is 1. The van der Waals surface area contributed by atoms with Gasteiger partial charge in [-0.1, -0.05) is 46.3 Å². The number of rotatable bonds is 4. The molecule has 0 fully saturated rings. The molecule has 0 aromatic heterocycles. The van der Waals surface area contributed by atoms with Crippen LogP contribution < -0.4 is 10.5 Å². The van der Waals surface area contributed by atoms with Crippen molar-refractivity contribution in [3.63, 3.8) is 0 Å². The molecule has 2 nitrogen and oxygen atoms in total. The lowest BCUT2D eigenvalue weighted by atomic mass is 10.1. The molecule has 5 heteroatoms. The summed E-state index contributed by atoms with van der Waals surface area (Å²) in [4.78, 5) is 0. The van der Waals surface area contributed by atoms with Crippen molar-refractivity contribution in [2.45, 2.75) is 6.04 Å². The number of halogens is 3. The molecule has 2 rings (SSSR count). The zero-order valence-electron chi connectivity index (χ0n) is 9.95. The van der Waals surface area contributed by atoms with E-state index in [0.29, 0.717) is 4.47 Å². The second-order valence-electron chi connectivity index (χ2n) is 4.03. The molecule has 0 bridgehead atoms. The van der Waals surface area contributed by atoms with Crippen molar-refractivity contribution in [3.05, 3.63) is 64.1 Å². The van der Waals surface area contributed by atoms with Crippen molar-refractivity contribution < 1.29 is 13.5 Å². The maximum atomic E-state index is 13.5. The molecule has 100 valence electrons. The fourth-order valence-electron chi connectivity index (χ4n) is 1.61. The van der Waals surface area contributed by atoms with E-state index in [-0.39, 0.29) is 12.4 Å². The summed E-state index contributed by atoms with van der Waals surface area (Å²) in [5, 5.41) is 0. The minimum atomic E-state index is -1.01. The van der Waals surface area contributed by atoms with Gasteiger partial charge in [0.15, 0.2) is 11.6 Å². The third-order valence-electron chi connectivity index (χ3n) is 2.61. The summed E-state index contributed by atoms with van der Waals surface area (Å²) in [7, 11) is 0. The summed E-state index contributed by atoms with van der Waals surface area (Å²) in [6.07, 6.45) is 0. The van der Waals surface area contributed by atoms with Crippen LogP contribution in [-0.4, -0.2) is 6.61 Å². The first-order valence-corrected chi connectivity index (χ1v) is 6.45. The van der Waals surface area contributed by atoms with Crippen molar-refractivity contribution in [2.75, 3.05) is 6.61 Å². The van der Waals surface area contributed by atoms with Crippen molar-refractivity contribution in [1.29, 1.82) is 0 Å². The molecule has 0 spiro atoms. The van der Waals surface area contributed by atoms with Crippen molar-refractivity contribution >= 4 is 15.9 Å². The Balaban J connectivity index is 2.07. The lowest BCUT2D eigenvalue weighted by Crippen LogP contribution is -2.19. The lowest BCUT2D eigenvalue weighted by Gasteiger charge is -2.14. The van der Waals surface area contributed by atoms with Crippen LogP contribution in [0.25, 0.3) is 0 Å². The maximum Gasteiger partial charge on any atom is 0.200 e. The van der Waals surface area contributed by atoms with E-state index in [1.807, 2.05) is 30.3 Å². The molecule has 0 aliphatic carbocycles. The molecule has 2 N–H and O–H groups in total. The Morgan fingerprint density at radius 1 is 1.16 bits per heavy atom. The molecule has 0 aliphatic rings. The molecule has 19 heavy (non-hydrogen) atoms. The number of ether oxygens (including phenoxy) is 1. The Morgan fingerprint density at radius 2 is 1.84 bits per heavy atom. The topological polar surface area (TPSA) is 35.2 Å². The smallest absolute Gasteiger partial charge is 0.200 e. The molecule has 0 aliphatic heterocycles. The predicted molar refractivity (Wildman–Crippen MR) is 72.9 cm³/mol. The maximum absolute atomic E-state index is 13.5. The van der Waals surface area contributed by atoms with Gasteiger partial charge in [-0.3, -0.25) is 0 Å². The van der Waals surface area contributed by atoms with Crippen molar-refractivity contribution in [3.8, 4) is 5.75 Å². The molecular weight excluding hydrogens is 316 g/mol. The number of nitrogens with two attached hydrogens (primary N) is 1. The Labute approximate surface area is 118 Å². The van der Waals surface area contributed by atoms with Crippen LogP contribution in [0.3, 0.4) is 0 Å². The van der Waals surface area contributed by atoms with Crippen molar-refractivity contribution in [2.24, 2.45) is 5.73 Å². The zero-order valence-corrected chi connectivity index (χ0v) is 11.5. The van der Waals surface area contributed by atoms with Gasteiger partial charge in [0.1, 0.15) is 6.61 Å². The first-order valence-electron chi connectivity index (χ1n) is 5.66. The Bertz CT molecular complexity index is 563. The van der Waals surface area contributed by atoms with Gasteiger partial charge in [-0.2, -0.15) is 4.39 Å². The number of hydrogen-bond acceptors (Lipinski definition) is 2. The summed E-state index contributed by atoms with van der Waals surface area (Å²) in [5.41, 5.74) is 6.79. The fourth-order valence-corrected chi connectivity index (χ4v) is 2.02. The molecule has 2 aromatic rings. The van der Waals surface area contributed by atoms with Gasteiger partial charge < -0.3 is 10.5 Å². The largest absolute Gasteiger partial charge is 0.488 e. The van der Waals surface area contributed by atoms with Gasteiger partial charge in [0.2, 0.25) is 5.82 Å². The van der Waals surface area contributed by atoms with Crippen LogP contribution in [0.1, 0.15) is 11.6 Å². The summed E-state index contributed by atoms with van der Waals surface area (Å²) >= 11 is 3.08. The van der Waals surface area contributed by atoms with Gasteiger partial charge in [0.25, 0.3) is 0 Å². The molecule has 0 saturated heterocycles. The minimum Gasteiger partial charge on any atom is -0.488 e. The Hall–Kier alpha value is -1.46. The highest BCUT2D eigenvalue weighted by Crippen LogP contribution is 2.26. The minimum absolute atomic E-state index is 0.0663. The standard InChI is InChI=1S/C14H12BrF2NO/c15-10-6-11(16)14(17)13(7-10)19-8-12(18)9-4-2-1-3-5-9/h1-7,12H,8,18H2. The number of benzene rings is 2. The van der Waals surface area contributed by atoms with Gasteiger partial charge in [-0.15, -0.1) is 0 Å². The van der Waals surface area contributed by atoms with E-state index < -0.39 is 17.7 Å². The second-order valence-corrected chi connectivity index (χ2v) is 4.94. The van der Waals surface area contributed by atoms with Gasteiger partial charge in [-0.25, -0.2) is 4.39 Å². The van der Waals surface area contributed by atoms with E-state index in [1.165, 1.54) is 6.07 Å². The van der Waals surface area contributed by atoms with Crippen LogP contribution >= 0.6 is 15.9 Å². The van der Waals surface area contributed by atoms with Crippen LogP contribution in [0.15, 0.2) is 46.9 Å². The lowest BCUT2D eigenvalue weighted by molar-refractivity contribution is 0.272. The molecule has 2 aromatic carbocycles. The monoisotopic (exact) mass is 327 g/mol. The van der Waals surface area contributed by atoms with Crippen LogP contribution in [0.2, 0.25) is 0 Å². The van der Waals surface area contributed by atoms with Gasteiger partial charge in [-0.05, 0) is 17.7 Å². The van der Waals surface area contributed by atoms with Gasteiger partial charge in [0.05, 0.1) is 6.04 Å². The molecule has 0 heterocycles. The third kappa shape index (κ3) is 3.52. The molecule has 1 atom stereocenters. The summed E-state index contributed by atoms with van der Waals surface area (Å²) in [5.74, 6) is -2.13. The second kappa shape index (κ2) is 6.12. The van der Waals surface area contributed by atoms with Crippen LogP contribution in [0.4, 0.5) is 8.78 Å². The predicted octanol–water partition coefficient (Wildman–Crippen LogP) is 3.81.